The van der Waals surface area contributed by atoms with E-state index in [2.05, 4.69) is 0 Å². The van der Waals surface area contributed by atoms with Crippen LogP contribution < -0.4 is 5.43 Å². The number of carbonyl (C=O) groups is 3. The number of esters is 2. The Morgan fingerprint density at radius 2 is 1.48 bits per heavy atom. The first-order valence-corrected chi connectivity index (χ1v) is 11.1. The van der Waals surface area contributed by atoms with Gasteiger partial charge in [0.25, 0.3) is 5.91 Å². The molecule has 0 aliphatic carbocycles. The quantitative estimate of drug-likeness (QED) is 0.423. The molecule has 0 atom stereocenters. The van der Waals surface area contributed by atoms with Crippen LogP contribution in [0.1, 0.15) is 19.8 Å². The van der Waals surface area contributed by atoms with Crippen molar-refractivity contribution < 1.29 is 23.9 Å². The summed E-state index contributed by atoms with van der Waals surface area (Å²) in [6.07, 6.45) is 1.07. The lowest BCUT2D eigenvalue weighted by atomic mass is 9.97. The molecule has 1 saturated heterocycles. The second-order valence-corrected chi connectivity index (χ2v) is 8.02. The van der Waals surface area contributed by atoms with Gasteiger partial charge in [0.05, 0.1) is 23.6 Å². The maximum absolute atomic E-state index is 12.8. The van der Waals surface area contributed by atoms with E-state index >= 15 is 0 Å². The fourth-order valence-corrected chi connectivity index (χ4v) is 4.28. The van der Waals surface area contributed by atoms with Gasteiger partial charge in [0.1, 0.15) is 6.54 Å². The summed E-state index contributed by atoms with van der Waals surface area (Å²) in [5, 5.41) is 1.04. The summed E-state index contributed by atoms with van der Waals surface area (Å²) in [5.74, 6) is -1.28. The van der Waals surface area contributed by atoms with E-state index in [4.69, 9.17) is 9.47 Å². The van der Waals surface area contributed by atoms with Crippen LogP contribution in [0.3, 0.4) is 0 Å². The predicted molar refractivity (Wildman–Crippen MR) is 123 cm³/mol. The van der Waals surface area contributed by atoms with Gasteiger partial charge in [0.15, 0.2) is 12.0 Å². The molecule has 1 amide bonds. The minimum atomic E-state index is -0.566. The third kappa shape index (κ3) is 4.74. The van der Waals surface area contributed by atoms with Gasteiger partial charge in [-0.2, -0.15) is 0 Å². The van der Waals surface area contributed by atoms with Crippen molar-refractivity contribution in [2.75, 3.05) is 26.3 Å². The number of para-hydroxylation sites is 2. The second-order valence-electron chi connectivity index (χ2n) is 8.02. The number of hydrogen-bond donors (Lipinski definition) is 0. The van der Waals surface area contributed by atoms with Gasteiger partial charge in [-0.1, -0.05) is 24.3 Å². The molecule has 2 aromatic carbocycles. The Bertz CT molecular complexity index is 1200. The van der Waals surface area contributed by atoms with E-state index in [-0.39, 0.29) is 36.4 Å². The summed E-state index contributed by atoms with van der Waals surface area (Å²) in [5.41, 5.74) is 1.17. The van der Waals surface area contributed by atoms with Gasteiger partial charge in [0.2, 0.25) is 0 Å². The molecule has 0 N–H and O–H groups in total. The van der Waals surface area contributed by atoms with Crippen LogP contribution in [-0.2, 0) is 30.4 Å². The van der Waals surface area contributed by atoms with Gasteiger partial charge >= 0.3 is 11.9 Å². The van der Waals surface area contributed by atoms with E-state index in [0.29, 0.717) is 54.3 Å². The molecule has 0 unspecified atom stereocenters. The molecule has 3 aromatic rings. The van der Waals surface area contributed by atoms with E-state index in [9.17, 15) is 19.2 Å². The molecule has 4 rings (SSSR count). The number of piperidine rings is 1. The van der Waals surface area contributed by atoms with Crippen LogP contribution in [0.25, 0.3) is 21.8 Å². The lowest BCUT2D eigenvalue weighted by Crippen LogP contribution is -2.42. The van der Waals surface area contributed by atoms with E-state index < -0.39 is 5.97 Å². The summed E-state index contributed by atoms with van der Waals surface area (Å²) in [4.78, 5) is 51.4. The number of nitrogens with zero attached hydrogens (tertiary/aromatic N) is 2. The summed E-state index contributed by atoms with van der Waals surface area (Å²) < 4.78 is 12.1. The minimum Gasteiger partial charge on any atom is -0.466 e. The van der Waals surface area contributed by atoms with Gasteiger partial charge in [-0.05, 0) is 44.0 Å². The van der Waals surface area contributed by atoms with Crippen LogP contribution in [0, 0.1) is 5.92 Å². The molecule has 0 bridgehead atoms. The molecule has 8 nitrogen and oxygen atoms in total. The Kier molecular flexibility index (Phi) is 6.72. The number of carbonyl (C=O) groups excluding carboxylic acids is 3. The molecule has 0 spiro atoms. The number of likely N-dealkylation sites (tertiary alicyclic amines) is 1. The third-order valence-electron chi connectivity index (χ3n) is 5.99. The van der Waals surface area contributed by atoms with Crippen LogP contribution >= 0.6 is 0 Å². The first-order valence-electron chi connectivity index (χ1n) is 11.1. The van der Waals surface area contributed by atoms with E-state index in [1.807, 2.05) is 12.1 Å². The molecule has 0 saturated carbocycles. The highest BCUT2D eigenvalue weighted by atomic mass is 16.5. The van der Waals surface area contributed by atoms with Crippen molar-refractivity contribution >= 4 is 39.7 Å². The zero-order valence-electron chi connectivity index (χ0n) is 18.5. The third-order valence-corrected chi connectivity index (χ3v) is 5.99. The molecular weight excluding hydrogens is 424 g/mol. The van der Waals surface area contributed by atoms with Crippen LogP contribution in [0.15, 0.2) is 53.3 Å². The standard InChI is InChI=1S/C25H26N2O6/c1-2-32-25(31)17-11-13-26(14-12-17)22(28)16-33-23(29)15-27-20-9-5-3-7-18(20)24(30)19-8-4-6-10-21(19)27/h3-10,17H,2,11-16H2,1H3. The monoisotopic (exact) mass is 450 g/mol. The van der Waals surface area contributed by atoms with Crippen molar-refractivity contribution in [3.63, 3.8) is 0 Å². The number of rotatable bonds is 6. The van der Waals surface area contributed by atoms with Gasteiger partial charge < -0.3 is 18.9 Å². The fourth-order valence-electron chi connectivity index (χ4n) is 4.28. The molecule has 1 fully saturated rings. The van der Waals surface area contributed by atoms with Crippen LogP contribution in [0.4, 0.5) is 0 Å². The molecule has 0 radical (unpaired) electrons. The molecule has 8 heteroatoms. The predicted octanol–water partition coefficient (Wildman–Crippen LogP) is 2.50. The zero-order valence-corrected chi connectivity index (χ0v) is 18.5. The Morgan fingerprint density at radius 3 is 2.06 bits per heavy atom. The largest absolute Gasteiger partial charge is 0.466 e. The van der Waals surface area contributed by atoms with Crippen molar-refractivity contribution in [2.45, 2.75) is 26.3 Å². The SMILES string of the molecule is CCOC(=O)C1CCN(C(=O)COC(=O)Cn2c3ccccc3c(=O)c3ccccc32)CC1. The number of amides is 1. The fraction of sp³-hybridized carbons (Fsp3) is 0.360. The Labute approximate surface area is 190 Å². The molecule has 2 heterocycles. The molecule has 33 heavy (non-hydrogen) atoms. The van der Waals surface area contributed by atoms with Crippen LogP contribution in [0.2, 0.25) is 0 Å². The minimum absolute atomic E-state index is 0.0905. The Hall–Kier alpha value is -3.68. The Balaban J connectivity index is 1.42. The van der Waals surface area contributed by atoms with E-state index in [1.54, 1.807) is 52.8 Å². The number of aromatic nitrogens is 1. The lowest BCUT2D eigenvalue weighted by Gasteiger charge is -2.30. The molecular formula is C25H26N2O6. The smallest absolute Gasteiger partial charge is 0.326 e. The molecule has 172 valence electrons. The molecule has 1 aliphatic heterocycles. The summed E-state index contributed by atoms with van der Waals surface area (Å²) in [7, 11) is 0. The van der Waals surface area contributed by atoms with Crippen molar-refractivity contribution in [1.82, 2.24) is 9.47 Å². The number of fused-ring (bicyclic) bond motifs is 2. The van der Waals surface area contributed by atoms with Crippen molar-refractivity contribution in [1.29, 1.82) is 0 Å². The number of benzene rings is 2. The normalized spacial score (nSPS) is 14.4. The van der Waals surface area contributed by atoms with Gasteiger partial charge in [-0.3, -0.25) is 19.2 Å². The average molecular weight is 450 g/mol. The summed E-state index contributed by atoms with van der Waals surface area (Å²) >= 11 is 0. The van der Waals surface area contributed by atoms with Crippen LogP contribution in [-0.4, -0.2) is 53.6 Å². The summed E-state index contributed by atoms with van der Waals surface area (Å²) in [6.45, 7) is 2.47. The highest BCUT2D eigenvalue weighted by Crippen LogP contribution is 2.20. The maximum Gasteiger partial charge on any atom is 0.326 e. The van der Waals surface area contributed by atoms with Crippen molar-refractivity contribution in [3.8, 4) is 0 Å². The number of hydrogen-bond acceptors (Lipinski definition) is 6. The van der Waals surface area contributed by atoms with Gasteiger partial charge in [-0.25, -0.2) is 0 Å². The molecule has 1 aromatic heterocycles. The first-order chi connectivity index (χ1) is 16.0. The zero-order chi connectivity index (χ0) is 23.4. The maximum atomic E-state index is 12.8. The van der Waals surface area contributed by atoms with Crippen molar-refractivity contribution in [3.05, 3.63) is 58.8 Å². The average Bonchev–Trinajstić information content (AvgIpc) is 2.85. The van der Waals surface area contributed by atoms with E-state index in [0.717, 1.165) is 0 Å². The highest BCUT2D eigenvalue weighted by molar-refractivity contribution is 5.94. The van der Waals surface area contributed by atoms with Gasteiger partial charge in [0, 0.05) is 23.9 Å². The first kappa shape index (κ1) is 22.5. The highest BCUT2D eigenvalue weighted by Gasteiger charge is 2.28. The van der Waals surface area contributed by atoms with E-state index in [1.165, 1.54) is 0 Å². The lowest BCUT2D eigenvalue weighted by molar-refractivity contribution is -0.155. The Morgan fingerprint density at radius 1 is 0.909 bits per heavy atom. The summed E-state index contributed by atoms with van der Waals surface area (Å²) in [6, 6.07) is 14.2. The number of ether oxygens (including phenoxy) is 2. The molecule has 1 aliphatic rings. The second kappa shape index (κ2) is 9.85. The van der Waals surface area contributed by atoms with Gasteiger partial charge in [-0.15, -0.1) is 0 Å². The number of pyridine rings is 1. The topological polar surface area (TPSA) is 94.9 Å². The van der Waals surface area contributed by atoms with Crippen LogP contribution in [0.5, 0.6) is 0 Å². The van der Waals surface area contributed by atoms with Crippen molar-refractivity contribution in [2.24, 2.45) is 5.92 Å².